The molecule has 1 fully saturated rings. The Hall–Kier alpha value is -3.64. The minimum absolute atomic E-state index is 0.0446. The summed E-state index contributed by atoms with van der Waals surface area (Å²) in [7, 11) is 0. The van der Waals surface area contributed by atoms with E-state index in [1.807, 2.05) is 0 Å². The van der Waals surface area contributed by atoms with Crippen LogP contribution < -0.4 is 0 Å². The van der Waals surface area contributed by atoms with E-state index in [1.54, 1.807) is 0 Å². The Morgan fingerprint density at radius 3 is 1.29 bits per heavy atom. The third-order valence-electron chi connectivity index (χ3n) is 8.40. The number of hydrogen-bond acceptors (Lipinski definition) is 0. The molecule has 2 aliphatic rings. The van der Waals surface area contributed by atoms with Gasteiger partial charge >= 0.3 is 0 Å². The zero-order chi connectivity index (χ0) is 23.3. The molecule has 2 unspecified atom stereocenters. The molecule has 6 rings (SSSR count). The van der Waals surface area contributed by atoms with Gasteiger partial charge in [-0.05, 0) is 50.0 Å². The standard InChI is InChI=1S/C34H30/c1-33(2)32-30(26-20-12-6-13-21-26)28(24-16-8-4-9-17-24)29(25-18-10-5-11-19-25)31(34(32,33)3)27-22-14-7-15-23-27/h4-23,32H,1-3H3. The highest BCUT2D eigenvalue weighted by Gasteiger charge is 2.73. The van der Waals surface area contributed by atoms with Crippen LogP contribution in [-0.2, 0) is 0 Å². The molecule has 2 atom stereocenters. The van der Waals surface area contributed by atoms with Crippen LogP contribution in [0.5, 0.6) is 0 Å². The van der Waals surface area contributed by atoms with Crippen molar-refractivity contribution < 1.29 is 0 Å². The van der Waals surface area contributed by atoms with Crippen LogP contribution in [0.1, 0.15) is 43.0 Å². The van der Waals surface area contributed by atoms with E-state index in [-0.39, 0.29) is 10.8 Å². The minimum atomic E-state index is 0.0446. The largest absolute Gasteiger partial charge is 0.0622 e. The van der Waals surface area contributed by atoms with Gasteiger partial charge in [0.2, 0.25) is 0 Å². The first-order valence-electron chi connectivity index (χ1n) is 12.3. The van der Waals surface area contributed by atoms with Crippen LogP contribution in [-0.4, -0.2) is 0 Å². The fourth-order valence-electron chi connectivity index (χ4n) is 6.54. The first-order chi connectivity index (χ1) is 16.5. The van der Waals surface area contributed by atoms with Crippen molar-refractivity contribution >= 4 is 22.3 Å². The Morgan fingerprint density at radius 1 is 0.441 bits per heavy atom. The van der Waals surface area contributed by atoms with Crippen molar-refractivity contribution in [2.24, 2.45) is 16.7 Å². The molecule has 0 bridgehead atoms. The van der Waals surface area contributed by atoms with Crippen LogP contribution in [0.15, 0.2) is 121 Å². The summed E-state index contributed by atoms with van der Waals surface area (Å²) in [5.74, 6) is 0.445. The van der Waals surface area contributed by atoms with Gasteiger partial charge in [-0.25, -0.2) is 0 Å². The maximum atomic E-state index is 2.49. The van der Waals surface area contributed by atoms with Crippen LogP contribution >= 0.6 is 0 Å². The van der Waals surface area contributed by atoms with E-state index >= 15 is 0 Å². The van der Waals surface area contributed by atoms with Gasteiger partial charge in [0.1, 0.15) is 0 Å². The minimum Gasteiger partial charge on any atom is -0.0622 e. The third kappa shape index (κ3) is 2.91. The van der Waals surface area contributed by atoms with Gasteiger partial charge < -0.3 is 0 Å². The highest BCUT2D eigenvalue weighted by Crippen LogP contribution is 2.81. The summed E-state index contributed by atoms with van der Waals surface area (Å²) in [6, 6.07) is 44.2. The van der Waals surface area contributed by atoms with Gasteiger partial charge in [0.15, 0.2) is 0 Å². The number of rotatable bonds is 4. The van der Waals surface area contributed by atoms with Crippen LogP contribution in [0.25, 0.3) is 22.3 Å². The monoisotopic (exact) mass is 438 g/mol. The quantitative estimate of drug-likeness (QED) is 0.298. The van der Waals surface area contributed by atoms with E-state index in [1.165, 1.54) is 44.5 Å². The number of fused-ring (bicyclic) bond motifs is 1. The Morgan fingerprint density at radius 2 is 0.824 bits per heavy atom. The van der Waals surface area contributed by atoms with Crippen molar-refractivity contribution in [1.29, 1.82) is 0 Å². The normalized spacial score (nSPS) is 23.0. The highest BCUT2D eigenvalue weighted by molar-refractivity contribution is 6.26. The predicted octanol–water partition coefficient (Wildman–Crippen LogP) is 8.88. The van der Waals surface area contributed by atoms with Gasteiger partial charge in [-0.1, -0.05) is 142 Å². The van der Waals surface area contributed by atoms with Crippen LogP contribution in [0.4, 0.5) is 0 Å². The van der Waals surface area contributed by atoms with Crippen molar-refractivity contribution in [2.75, 3.05) is 0 Å². The Balaban J connectivity index is 1.81. The maximum absolute atomic E-state index is 2.49. The lowest BCUT2D eigenvalue weighted by atomic mass is 9.71. The molecule has 0 nitrogen and oxygen atoms in total. The molecule has 0 aliphatic heterocycles. The number of allylic oxidation sites excluding steroid dienone is 4. The number of hydrogen-bond donors (Lipinski definition) is 0. The lowest BCUT2D eigenvalue weighted by Crippen LogP contribution is -2.15. The SMILES string of the molecule is CC1(C)C2C(c3ccccc3)=C(c3ccccc3)C(c3ccccc3)=C(c3ccccc3)C21C. The van der Waals surface area contributed by atoms with Crippen molar-refractivity contribution in [3.63, 3.8) is 0 Å². The van der Waals surface area contributed by atoms with Crippen LogP contribution in [0.2, 0.25) is 0 Å². The molecule has 4 aromatic rings. The zero-order valence-corrected chi connectivity index (χ0v) is 20.1. The van der Waals surface area contributed by atoms with Gasteiger partial charge in [-0.15, -0.1) is 0 Å². The topological polar surface area (TPSA) is 0 Å². The first-order valence-corrected chi connectivity index (χ1v) is 12.3. The molecule has 0 radical (unpaired) electrons. The maximum Gasteiger partial charge on any atom is 0.00688 e. The molecular formula is C34H30. The smallest absolute Gasteiger partial charge is 0.00688 e. The summed E-state index contributed by atoms with van der Waals surface area (Å²) >= 11 is 0. The van der Waals surface area contributed by atoms with Gasteiger partial charge in [0.25, 0.3) is 0 Å². The van der Waals surface area contributed by atoms with Crippen LogP contribution in [0, 0.1) is 16.7 Å². The van der Waals surface area contributed by atoms with Crippen molar-refractivity contribution in [3.05, 3.63) is 144 Å². The molecule has 166 valence electrons. The van der Waals surface area contributed by atoms with Crippen molar-refractivity contribution in [2.45, 2.75) is 20.8 Å². The fourth-order valence-corrected chi connectivity index (χ4v) is 6.54. The lowest BCUT2D eigenvalue weighted by Gasteiger charge is -2.32. The second-order valence-electron chi connectivity index (χ2n) is 10.4. The van der Waals surface area contributed by atoms with E-state index in [4.69, 9.17) is 0 Å². The zero-order valence-electron chi connectivity index (χ0n) is 20.1. The van der Waals surface area contributed by atoms with E-state index < -0.39 is 0 Å². The lowest BCUT2D eigenvalue weighted by molar-refractivity contribution is 0.514. The summed E-state index contributed by atoms with van der Waals surface area (Å²) in [6.07, 6.45) is 0. The molecule has 0 amide bonds. The molecule has 0 N–H and O–H groups in total. The fraction of sp³-hybridized carbons (Fsp3) is 0.176. The summed E-state index contributed by atoms with van der Waals surface area (Å²) in [4.78, 5) is 0. The Labute approximate surface area is 203 Å². The average Bonchev–Trinajstić information content (AvgIpc) is 3.36. The molecule has 34 heavy (non-hydrogen) atoms. The second kappa shape index (κ2) is 7.71. The van der Waals surface area contributed by atoms with Crippen molar-refractivity contribution in [3.8, 4) is 0 Å². The van der Waals surface area contributed by atoms with Gasteiger partial charge in [-0.3, -0.25) is 0 Å². The molecule has 0 saturated heterocycles. The van der Waals surface area contributed by atoms with E-state index in [0.29, 0.717) is 5.92 Å². The van der Waals surface area contributed by atoms with Gasteiger partial charge in [0, 0.05) is 11.3 Å². The molecule has 4 aromatic carbocycles. The van der Waals surface area contributed by atoms with E-state index in [9.17, 15) is 0 Å². The first kappa shape index (κ1) is 20.9. The number of benzene rings is 4. The molecule has 2 aliphatic carbocycles. The third-order valence-corrected chi connectivity index (χ3v) is 8.40. The Bertz CT molecular complexity index is 1390. The summed E-state index contributed by atoms with van der Waals surface area (Å²) < 4.78 is 0. The van der Waals surface area contributed by atoms with Gasteiger partial charge in [0.05, 0.1) is 0 Å². The molecule has 0 aromatic heterocycles. The van der Waals surface area contributed by atoms with Crippen LogP contribution in [0.3, 0.4) is 0 Å². The molecular weight excluding hydrogens is 408 g/mol. The highest BCUT2D eigenvalue weighted by atomic mass is 14.7. The van der Waals surface area contributed by atoms with Crippen molar-refractivity contribution in [1.82, 2.24) is 0 Å². The van der Waals surface area contributed by atoms with E-state index in [0.717, 1.165) is 0 Å². The second-order valence-corrected chi connectivity index (χ2v) is 10.4. The molecule has 0 heteroatoms. The summed E-state index contributed by atoms with van der Waals surface area (Å²) in [5, 5.41) is 0. The Kier molecular flexibility index (Phi) is 4.74. The predicted molar refractivity (Wildman–Crippen MR) is 145 cm³/mol. The van der Waals surface area contributed by atoms with E-state index in [2.05, 4.69) is 142 Å². The molecule has 1 saturated carbocycles. The molecule has 0 heterocycles. The summed E-state index contributed by atoms with van der Waals surface area (Å²) in [6.45, 7) is 7.41. The van der Waals surface area contributed by atoms with Gasteiger partial charge in [-0.2, -0.15) is 0 Å². The molecule has 0 spiro atoms. The average molecular weight is 439 g/mol. The summed E-state index contributed by atoms with van der Waals surface area (Å²) in [5.41, 5.74) is 11.2.